The zero-order valence-corrected chi connectivity index (χ0v) is 19.4. The molecule has 5 rings (SSSR count). The van der Waals surface area contributed by atoms with Crippen molar-refractivity contribution in [1.29, 1.82) is 0 Å². The predicted octanol–water partition coefficient (Wildman–Crippen LogP) is 4.23. The van der Waals surface area contributed by atoms with Crippen LogP contribution >= 0.6 is 0 Å². The van der Waals surface area contributed by atoms with Crippen molar-refractivity contribution in [2.24, 2.45) is 0 Å². The molecular formula is C28H30N2O4. The maximum Gasteiger partial charge on any atom is 0.407 e. The number of alkyl carbamates (subject to hydrolysis) is 1. The van der Waals surface area contributed by atoms with Gasteiger partial charge in [-0.1, -0.05) is 66.3 Å². The molecular weight excluding hydrogens is 428 g/mol. The minimum atomic E-state index is -0.896. The summed E-state index contributed by atoms with van der Waals surface area (Å²) in [7, 11) is 0. The van der Waals surface area contributed by atoms with Gasteiger partial charge in [-0.25, -0.2) is 4.79 Å². The molecule has 1 unspecified atom stereocenters. The number of hydrogen-bond donors (Lipinski definition) is 2. The average molecular weight is 459 g/mol. The van der Waals surface area contributed by atoms with Gasteiger partial charge in [-0.2, -0.15) is 0 Å². The molecule has 3 aliphatic rings. The molecule has 0 bridgehead atoms. The number of nitrogens with zero attached hydrogens (tertiary/aromatic N) is 1. The molecule has 2 amide bonds. The maximum absolute atomic E-state index is 13.1. The van der Waals surface area contributed by atoms with Crippen LogP contribution in [0.1, 0.15) is 54.9 Å². The summed E-state index contributed by atoms with van der Waals surface area (Å²) in [6.07, 6.45) is 5.12. The summed E-state index contributed by atoms with van der Waals surface area (Å²) in [4.78, 5) is 26.8. The summed E-state index contributed by atoms with van der Waals surface area (Å²) in [6.45, 7) is 3.22. The van der Waals surface area contributed by atoms with Crippen LogP contribution in [0, 0.1) is 0 Å². The lowest BCUT2D eigenvalue weighted by molar-refractivity contribution is -0.132. The van der Waals surface area contributed by atoms with Crippen molar-refractivity contribution in [3.63, 3.8) is 0 Å². The first kappa shape index (κ1) is 22.4. The number of carbonyl (C=O) groups excluding carboxylic acids is 2. The zero-order valence-electron chi connectivity index (χ0n) is 19.4. The predicted molar refractivity (Wildman–Crippen MR) is 132 cm³/mol. The van der Waals surface area contributed by atoms with Crippen molar-refractivity contribution in [3.05, 3.63) is 76.4 Å². The molecule has 2 atom stereocenters. The molecule has 2 aromatic rings. The largest absolute Gasteiger partial charge is 0.450 e. The minimum Gasteiger partial charge on any atom is -0.450 e. The Morgan fingerprint density at radius 3 is 2.12 bits per heavy atom. The highest BCUT2D eigenvalue weighted by Crippen LogP contribution is 2.41. The molecule has 2 fully saturated rings. The van der Waals surface area contributed by atoms with E-state index in [1.807, 2.05) is 4.90 Å². The highest BCUT2D eigenvalue weighted by atomic mass is 16.5. The summed E-state index contributed by atoms with van der Waals surface area (Å²) in [5.41, 5.74) is 6.62. The van der Waals surface area contributed by atoms with Crippen molar-refractivity contribution in [2.45, 2.75) is 44.2 Å². The number of carbonyl (C=O) groups is 2. The van der Waals surface area contributed by atoms with Gasteiger partial charge in [0.25, 0.3) is 0 Å². The van der Waals surface area contributed by atoms with Gasteiger partial charge in [0.1, 0.15) is 0 Å². The van der Waals surface area contributed by atoms with Gasteiger partial charge < -0.3 is 20.1 Å². The number of amides is 2. The number of rotatable bonds is 4. The summed E-state index contributed by atoms with van der Waals surface area (Å²) in [5, 5.41) is 12.8. The van der Waals surface area contributed by atoms with Gasteiger partial charge in [-0.3, -0.25) is 4.79 Å². The van der Waals surface area contributed by atoms with Crippen molar-refractivity contribution in [1.82, 2.24) is 10.2 Å². The van der Waals surface area contributed by atoms with E-state index in [-0.39, 0.29) is 18.9 Å². The van der Waals surface area contributed by atoms with Crippen LogP contribution in [0.15, 0.2) is 54.1 Å². The van der Waals surface area contributed by atoms with Gasteiger partial charge in [0.15, 0.2) is 0 Å². The van der Waals surface area contributed by atoms with Crippen molar-refractivity contribution in [3.8, 4) is 0 Å². The van der Waals surface area contributed by atoms with Gasteiger partial charge in [0.05, 0.1) is 24.7 Å². The van der Waals surface area contributed by atoms with E-state index in [4.69, 9.17) is 4.74 Å². The molecule has 0 aromatic heterocycles. The number of fused-ring (bicyclic) bond motifs is 2. The van der Waals surface area contributed by atoms with Crippen LogP contribution < -0.4 is 5.32 Å². The van der Waals surface area contributed by atoms with Crippen molar-refractivity contribution >= 4 is 29.7 Å². The molecule has 6 nitrogen and oxygen atoms in total. The molecule has 0 spiro atoms. The molecule has 1 saturated heterocycles. The van der Waals surface area contributed by atoms with Crippen molar-refractivity contribution in [2.75, 3.05) is 19.7 Å². The van der Waals surface area contributed by atoms with Gasteiger partial charge >= 0.3 is 6.09 Å². The second kappa shape index (κ2) is 9.11. The number of aliphatic hydroxyl groups is 1. The monoisotopic (exact) mass is 458 g/mol. The van der Waals surface area contributed by atoms with Crippen LogP contribution in [-0.2, 0) is 9.53 Å². The highest BCUT2D eigenvalue weighted by molar-refractivity contribution is 5.95. The zero-order chi connectivity index (χ0) is 23.7. The van der Waals surface area contributed by atoms with Gasteiger partial charge in [-0.05, 0) is 47.6 Å². The number of aliphatic hydroxyl groups excluding tert-OH is 1. The first-order chi connectivity index (χ1) is 16.5. The molecule has 2 aliphatic carbocycles. The summed E-state index contributed by atoms with van der Waals surface area (Å²) >= 11 is 0. The molecule has 34 heavy (non-hydrogen) atoms. The fourth-order valence-corrected chi connectivity index (χ4v) is 5.13. The topological polar surface area (TPSA) is 78.9 Å². The van der Waals surface area contributed by atoms with Crippen LogP contribution in [0.25, 0.3) is 17.7 Å². The number of nitrogens with one attached hydrogen (secondary N) is 1. The average Bonchev–Trinajstić information content (AvgIpc) is 3.51. The van der Waals surface area contributed by atoms with E-state index in [2.05, 4.69) is 66.0 Å². The van der Waals surface area contributed by atoms with E-state index in [0.717, 1.165) is 12.8 Å². The fourth-order valence-electron chi connectivity index (χ4n) is 5.13. The second-order valence-corrected chi connectivity index (χ2v) is 9.27. The second-order valence-electron chi connectivity index (χ2n) is 9.27. The number of likely N-dealkylation sites (tertiary alicyclic amines) is 1. The Bertz CT molecular complexity index is 1120. The van der Waals surface area contributed by atoms with Crippen LogP contribution in [0.5, 0.6) is 0 Å². The van der Waals surface area contributed by atoms with E-state index in [9.17, 15) is 14.7 Å². The minimum absolute atomic E-state index is 0.0410. The molecule has 1 aliphatic heterocycles. The lowest BCUT2D eigenvalue weighted by atomic mass is 9.86. The third kappa shape index (κ3) is 4.26. The molecule has 1 heterocycles. The number of ether oxygens (including phenoxy) is 1. The van der Waals surface area contributed by atoms with E-state index < -0.39 is 17.7 Å². The van der Waals surface area contributed by atoms with Gasteiger partial charge in [0, 0.05) is 19.5 Å². The normalized spacial score (nSPS) is 23.0. The van der Waals surface area contributed by atoms with Gasteiger partial charge in [-0.15, -0.1) is 0 Å². The summed E-state index contributed by atoms with van der Waals surface area (Å²) in [6, 6.07) is 16.9. The molecule has 2 N–H and O–H groups in total. The van der Waals surface area contributed by atoms with Crippen LogP contribution in [-0.4, -0.2) is 53.3 Å². The molecule has 176 valence electrons. The Balaban J connectivity index is 1.34. The Morgan fingerprint density at radius 2 is 1.59 bits per heavy atom. The SMILES string of the molecule is CCOC(=O)NC1(CC(=O)N2CCC(=C3c4ccccc4C=Cc4ccccc43)CC2)C[C@H]1O. The fraction of sp³-hybridized carbons (Fsp3) is 0.357. The first-order valence-corrected chi connectivity index (χ1v) is 12.0. The third-order valence-corrected chi connectivity index (χ3v) is 7.10. The van der Waals surface area contributed by atoms with E-state index in [1.54, 1.807) is 6.92 Å². The molecule has 1 saturated carbocycles. The lowest BCUT2D eigenvalue weighted by Gasteiger charge is -2.32. The number of piperidine rings is 1. The van der Waals surface area contributed by atoms with Crippen molar-refractivity contribution < 1.29 is 19.4 Å². The maximum atomic E-state index is 13.1. The highest BCUT2D eigenvalue weighted by Gasteiger charge is 2.56. The van der Waals surface area contributed by atoms with Gasteiger partial charge in [0.2, 0.25) is 5.91 Å². The Kier molecular flexibility index (Phi) is 6.00. The summed E-state index contributed by atoms with van der Waals surface area (Å²) in [5.74, 6) is -0.0410. The number of hydrogen-bond acceptors (Lipinski definition) is 4. The van der Waals surface area contributed by atoms with E-state index in [0.29, 0.717) is 19.5 Å². The first-order valence-electron chi connectivity index (χ1n) is 12.0. The van der Waals surface area contributed by atoms with Crippen LogP contribution in [0.4, 0.5) is 4.79 Å². The molecule has 0 radical (unpaired) electrons. The van der Waals surface area contributed by atoms with E-state index >= 15 is 0 Å². The Hall–Kier alpha value is -3.38. The smallest absolute Gasteiger partial charge is 0.407 e. The van der Waals surface area contributed by atoms with E-state index in [1.165, 1.54) is 33.4 Å². The standard InChI is InChI=1S/C28H30N2O4/c1-2-34-27(33)29-28(17-24(28)31)18-25(32)30-15-13-21(14-16-30)26-22-9-5-3-7-19(22)11-12-20-8-4-6-10-23(20)26/h3-12,24,31H,2,13-18H2,1H3,(H,29,33)/t24-,28?/m1/s1. The molecule has 2 aromatic carbocycles. The Labute approximate surface area is 199 Å². The number of benzene rings is 2. The summed E-state index contributed by atoms with van der Waals surface area (Å²) < 4.78 is 4.94. The Morgan fingerprint density at radius 1 is 1.03 bits per heavy atom. The lowest BCUT2D eigenvalue weighted by Crippen LogP contribution is -2.46. The van der Waals surface area contributed by atoms with Crippen LogP contribution in [0.3, 0.4) is 0 Å². The quantitative estimate of drug-likeness (QED) is 0.613. The third-order valence-electron chi connectivity index (χ3n) is 7.10. The molecule has 6 heteroatoms. The van der Waals surface area contributed by atoms with Crippen LogP contribution in [0.2, 0.25) is 0 Å².